The molecule has 5 nitrogen and oxygen atoms in total. The Balaban J connectivity index is 1.76. The van der Waals surface area contributed by atoms with E-state index in [1.165, 1.54) is 5.56 Å². The molecule has 1 aromatic carbocycles. The Morgan fingerprint density at radius 2 is 2.00 bits per heavy atom. The van der Waals surface area contributed by atoms with E-state index < -0.39 is 12.2 Å². The number of esters is 1. The molecule has 3 unspecified atom stereocenters. The molecule has 176 valence electrons. The summed E-state index contributed by atoms with van der Waals surface area (Å²) in [6.07, 6.45) is 10.9. The van der Waals surface area contributed by atoms with Gasteiger partial charge in [0.15, 0.2) is 0 Å². The average Bonchev–Trinajstić information content (AvgIpc) is 3.05. The Morgan fingerprint density at radius 1 is 1.25 bits per heavy atom. The van der Waals surface area contributed by atoms with E-state index in [0.717, 1.165) is 19.3 Å². The predicted octanol–water partition coefficient (Wildman–Crippen LogP) is 4.56. The van der Waals surface area contributed by atoms with Crippen LogP contribution in [0, 0.1) is 11.8 Å². The fourth-order valence-electron chi connectivity index (χ4n) is 3.93. The number of ketones is 1. The number of allylic oxidation sites excluding steroid dienone is 2. The minimum absolute atomic E-state index is 0.0420. The van der Waals surface area contributed by atoms with Crippen LogP contribution in [-0.4, -0.2) is 40.3 Å². The zero-order valence-electron chi connectivity index (χ0n) is 19.4. The van der Waals surface area contributed by atoms with Gasteiger partial charge in [0.25, 0.3) is 0 Å². The van der Waals surface area contributed by atoms with E-state index in [0.29, 0.717) is 25.7 Å². The van der Waals surface area contributed by atoms with Crippen LogP contribution in [0.5, 0.6) is 0 Å². The third kappa shape index (κ3) is 9.09. The topological polar surface area (TPSA) is 83.8 Å². The highest BCUT2D eigenvalue weighted by Gasteiger charge is 2.39. The molecule has 5 atom stereocenters. The van der Waals surface area contributed by atoms with Gasteiger partial charge in [-0.3, -0.25) is 9.59 Å². The maximum Gasteiger partial charge on any atom is 0.306 e. The minimum atomic E-state index is -0.700. The van der Waals surface area contributed by atoms with E-state index in [-0.39, 0.29) is 36.1 Å². The summed E-state index contributed by atoms with van der Waals surface area (Å²) in [6.45, 7) is 3.87. The van der Waals surface area contributed by atoms with Gasteiger partial charge in [0, 0.05) is 24.7 Å². The van der Waals surface area contributed by atoms with Crippen molar-refractivity contribution in [1.29, 1.82) is 0 Å². The maximum absolute atomic E-state index is 12.3. The van der Waals surface area contributed by atoms with Crippen LogP contribution < -0.4 is 0 Å². The van der Waals surface area contributed by atoms with Gasteiger partial charge in [-0.25, -0.2) is 0 Å². The Labute approximate surface area is 192 Å². The van der Waals surface area contributed by atoms with E-state index in [4.69, 9.17) is 4.74 Å². The first-order chi connectivity index (χ1) is 15.4. The van der Waals surface area contributed by atoms with Gasteiger partial charge >= 0.3 is 5.97 Å². The number of hydrogen-bond acceptors (Lipinski definition) is 5. The predicted molar refractivity (Wildman–Crippen MR) is 126 cm³/mol. The number of aryl methyl sites for hydroxylation is 1. The molecular weight excluding hydrogens is 404 g/mol. The zero-order valence-corrected chi connectivity index (χ0v) is 19.4. The highest BCUT2D eigenvalue weighted by molar-refractivity contribution is 5.84. The molecule has 0 bridgehead atoms. The molecule has 1 aromatic rings. The molecule has 0 saturated heterocycles. The fraction of sp³-hybridized carbons (Fsp3) is 0.556. The highest BCUT2D eigenvalue weighted by Crippen LogP contribution is 2.33. The molecular formula is C27H38O5. The van der Waals surface area contributed by atoms with Crippen LogP contribution in [0.15, 0.2) is 54.6 Å². The maximum atomic E-state index is 12.3. The molecule has 5 heteroatoms. The quantitative estimate of drug-likeness (QED) is 0.266. The highest BCUT2D eigenvalue weighted by atomic mass is 16.5. The average molecular weight is 443 g/mol. The van der Waals surface area contributed by atoms with E-state index in [9.17, 15) is 19.8 Å². The smallest absolute Gasteiger partial charge is 0.306 e. The van der Waals surface area contributed by atoms with Crippen LogP contribution in [0.4, 0.5) is 0 Å². The van der Waals surface area contributed by atoms with Crippen LogP contribution in [0.25, 0.3) is 0 Å². The molecule has 0 heterocycles. The zero-order chi connectivity index (χ0) is 23.3. The van der Waals surface area contributed by atoms with Crippen LogP contribution in [0.1, 0.15) is 64.4 Å². The molecule has 1 aliphatic carbocycles. The molecule has 0 spiro atoms. The standard InChI is InChI=1S/C27H38O5/c1-3-20(2)32-27(31)14-10-5-4-9-13-23-24(26(30)19-25(23)29)18-17-22(28)16-15-21-11-7-6-8-12-21/h4,6-9,11-12,17-18,20,22-24,26,28,30H,3,5,10,13-16,19H2,1-2H3/t20?,22-,23?,24?,26+/m0/s1. The summed E-state index contributed by atoms with van der Waals surface area (Å²) in [6, 6.07) is 10.00. The van der Waals surface area contributed by atoms with Crippen LogP contribution >= 0.6 is 0 Å². The van der Waals surface area contributed by atoms with Gasteiger partial charge in [-0.1, -0.05) is 61.6 Å². The molecule has 1 aliphatic rings. The third-order valence-corrected chi connectivity index (χ3v) is 6.08. The van der Waals surface area contributed by atoms with Crippen molar-refractivity contribution in [2.45, 2.75) is 83.5 Å². The van der Waals surface area contributed by atoms with Crippen LogP contribution in [-0.2, 0) is 20.7 Å². The van der Waals surface area contributed by atoms with Gasteiger partial charge in [-0.05, 0) is 51.0 Å². The summed E-state index contributed by atoms with van der Waals surface area (Å²) in [5.74, 6) is -0.649. The molecule has 0 aliphatic heterocycles. The van der Waals surface area contributed by atoms with Crippen molar-refractivity contribution in [2.75, 3.05) is 0 Å². The number of aliphatic hydroxyl groups excluding tert-OH is 2. The van der Waals surface area contributed by atoms with E-state index in [1.807, 2.05) is 62.4 Å². The van der Waals surface area contributed by atoms with Gasteiger partial charge in [0.05, 0.1) is 18.3 Å². The number of aliphatic hydroxyl groups is 2. The number of carbonyl (C=O) groups is 2. The molecule has 2 rings (SSSR count). The summed E-state index contributed by atoms with van der Waals surface area (Å²) in [7, 11) is 0. The molecule has 0 aromatic heterocycles. The Morgan fingerprint density at radius 3 is 2.72 bits per heavy atom. The normalized spacial score (nSPS) is 23.1. The summed E-state index contributed by atoms with van der Waals surface area (Å²) in [4.78, 5) is 24.0. The second-order valence-electron chi connectivity index (χ2n) is 8.71. The van der Waals surface area contributed by atoms with Gasteiger partial charge in [-0.2, -0.15) is 0 Å². The van der Waals surface area contributed by atoms with Gasteiger partial charge in [-0.15, -0.1) is 0 Å². The van der Waals surface area contributed by atoms with Crippen LogP contribution in [0.2, 0.25) is 0 Å². The number of Topliss-reactive ketones (excluding diaryl/α,β-unsaturated/α-hetero) is 1. The first-order valence-corrected chi connectivity index (χ1v) is 11.9. The lowest BCUT2D eigenvalue weighted by Gasteiger charge is -2.16. The summed E-state index contributed by atoms with van der Waals surface area (Å²) in [5.41, 5.74) is 1.17. The summed E-state index contributed by atoms with van der Waals surface area (Å²) < 4.78 is 5.25. The first-order valence-electron chi connectivity index (χ1n) is 11.9. The van der Waals surface area contributed by atoms with Crippen molar-refractivity contribution in [3.63, 3.8) is 0 Å². The van der Waals surface area contributed by atoms with E-state index >= 15 is 0 Å². The molecule has 32 heavy (non-hydrogen) atoms. The Kier molecular flexibility index (Phi) is 11.4. The second-order valence-corrected chi connectivity index (χ2v) is 8.71. The molecule has 1 saturated carbocycles. The minimum Gasteiger partial charge on any atom is -0.463 e. The van der Waals surface area contributed by atoms with Gasteiger partial charge in [0.2, 0.25) is 0 Å². The Bertz CT molecular complexity index is 755. The number of carbonyl (C=O) groups excluding carboxylic acids is 2. The van der Waals surface area contributed by atoms with Crippen molar-refractivity contribution in [2.24, 2.45) is 11.8 Å². The number of ether oxygens (including phenoxy) is 1. The number of unbranched alkanes of at least 4 members (excludes halogenated alkanes) is 1. The number of benzene rings is 1. The molecule has 0 radical (unpaired) electrons. The lowest BCUT2D eigenvalue weighted by atomic mass is 9.90. The first kappa shape index (κ1) is 26.0. The SMILES string of the molecule is CCC(C)OC(=O)CCCC=CCC1C(=O)C[C@@H](O)C1C=C[C@@H](O)CCc1ccccc1. The fourth-order valence-corrected chi connectivity index (χ4v) is 3.93. The summed E-state index contributed by atoms with van der Waals surface area (Å²) in [5, 5.41) is 20.6. The van der Waals surface area contributed by atoms with Crippen molar-refractivity contribution in [1.82, 2.24) is 0 Å². The van der Waals surface area contributed by atoms with Crippen LogP contribution in [0.3, 0.4) is 0 Å². The van der Waals surface area contributed by atoms with Crippen molar-refractivity contribution in [3.8, 4) is 0 Å². The monoisotopic (exact) mass is 442 g/mol. The van der Waals surface area contributed by atoms with E-state index in [2.05, 4.69) is 0 Å². The summed E-state index contributed by atoms with van der Waals surface area (Å²) >= 11 is 0. The molecule has 0 amide bonds. The van der Waals surface area contributed by atoms with Crippen molar-refractivity contribution >= 4 is 11.8 Å². The lowest BCUT2D eigenvalue weighted by Crippen LogP contribution is -2.19. The van der Waals surface area contributed by atoms with Crippen molar-refractivity contribution < 1.29 is 24.5 Å². The third-order valence-electron chi connectivity index (χ3n) is 6.08. The van der Waals surface area contributed by atoms with E-state index in [1.54, 1.807) is 6.08 Å². The number of rotatable bonds is 13. The lowest BCUT2D eigenvalue weighted by molar-refractivity contribution is -0.148. The van der Waals surface area contributed by atoms with Gasteiger partial charge < -0.3 is 14.9 Å². The molecule has 1 fully saturated rings. The van der Waals surface area contributed by atoms with Crippen molar-refractivity contribution in [3.05, 3.63) is 60.2 Å². The van der Waals surface area contributed by atoms with Gasteiger partial charge in [0.1, 0.15) is 5.78 Å². The second kappa shape index (κ2) is 14.0. The largest absolute Gasteiger partial charge is 0.463 e. The molecule has 2 N–H and O–H groups in total. The Hall–Kier alpha value is -2.24. The number of hydrogen-bond donors (Lipinski definition) is 2.